The second-order valence-electron chi connectivity index (χ2n) is 3.94. The van der Waals surface area contributed by atoms with Crippen molar-refractivity contribution in [1.29, 1.82) is 0 Å². The van der Waals surface area contributed by atoms with Gasteiger partial charge in [-0.15, -0.1) is 11.8 Å². The first-order valence-electron chi connectivity index (χ1n) is 4.81. The smallest absolute Gasteiger partial charge is 0.321 e. The van der Waals surface area contributed by atoms with Gasteiger partial charge in [0.25, 0.3) is 0 Å². The Hall–Kier alpha value is -0.260. The van der Waals surface area contributed by atoms with Gasteiger partial charge in [-0.05, 0) is 18.8 Å². The van der Waals surface area contributed by atoms with Crippen LogP contribution in [0.25, 0.3) is 0 Å². The van der Waals surface area contributed by atoms with E-state index < -0.39 is 12.0 Å². The molecule has 0 radical (unpaired) electrons. The summed E-state index contributed by atoms with van der Waals surface area (Å²) in [6.07, 6.45) is 2.38. The minimum absolute atomic E-state index is 0.127. The lowest BCUT2D eigenvalue weighted by molar-refractivity contribution is -0.139. The number of rotatable bonds is 4. The molecule has 5 heteroatoms. The quantitative estimate of drug-likeness (QED) is 0.719. The summed E-state index contributed by atoms with van der Waals surface area (Å²) in [5.74, 6) is 0.489. The minimum atomic E-state index is -0.754. The molecule has 0 bridgehead atoms. The number of hydrogen-bond donors (Lipinski definition) is 2. The average Bonchev–Trinajstić information content (AvgIpc) is 2.90. The highest BCUT2D eigenvalue weighted by Gasteiger charge is 2.51. The van der Waals surface area contributed by atoms with Gasteiger partial charge >= 0.3 is 5.97 Å². The van der Waals surface area contributed by atoms with Gasteiger partial charge in [0.05, 0.1) is 11.5 Å². The number of methoxy groups -OCH3 is 1. The monoisotopic (exact) mass is 217 g/mol. The van der Waals surface area contributed by atoms with E-state index in [-0.39, 0.29) is 4.87 Å². The summed E-state index contributed by atoms with van der Waals surface area (Å²) in [5.41, 5.74) is 0. The van der Waals surface area contributed by atoms with E-state index in [0.29, 0.717) is 18.3 Å². The van der Waals surface area contributed by atoms with E-state index in [4.69, 9.17) is 9.84 Å². The molecule has 2 aliphatic rings. The fraction of sp³-hybridized carbons (Fsp3) is 0.889. The van der Waals surface area contributed by atoms with Gasteiger partial charge < -0.3 is 9.84 Å². The van der Waals surface area contributed by atoms with E-state index >= 15 is 0 Å². The number of ether oxygens (including phenoxy) is 1. The third-order valence-corrected chi connectivity index (χ3v) is 4.40. The molecule has 0 aromatic carbocycles. The fourth-order valence-corrected chi connectivity index (χ4v) is 3.53. The molecule has 2 atom stereocenters. The predicted octanol–water partition coefficient (Wildman–Crippen LogP) is 0.529. The molecule has 1 saturated carbocycles. The molecule has 0 amide bonds. The second kappa shape index (κ2) is 3.72. The zero-order valence-electron chi connectivity index (χ0n) is 8.16. The van der Waals surface area contributed by atoms with Crippen molar-refractivity contribution in [1.82, 2.24) is 5.32 Å². The minimum Gasteiger partial charge on any atom is -0.480 e. The van der Waals surface area contributed by atoms with Gasteiger partial charge in [0.15, 0.2) is 0 Å². The molecule has 2 fully saturated rings. The maximum Gasteiger partial charge on any atom is 0.321 e. The summed E-state index contributed by atoms with van der Waals surface area (Å²) in [7, 11) is 1.67. The van der Waals surface area contributed by atoms with Crippen molar-refractivity contribution in [3.63, 3.8) is 0 Å². The van der Waals surface area contributed by atoms with Crippen molar-refractivity contribution in [3.05, 3.63) is 0 Å². The van der Waals surface area contributed by atoms with E-state index in [0.717, 1.165) is 0 Å². The molecule has 1 aliphatic carbocycles. The van der Waals surface area contributed by atoms with Gasteiger partial charge in [-0.1, -0.05) is 0 Å². The van der Waals surface area contributed by atoms with Gasteiger partial charge in [-0.25, -0.2) is 0 Å². The number of nitrogens with one attached hydrogen (secondary N) is 1. The van der Waals surface area contributed by atoms with E-state index in [9.17, 15) is 4.79 Å². The summed E-state index contributed by atoms with van der Waals surface area (Å²) in [6, 6.07) is -0.407. The number of carboxylic acid groups (broad SMARTS) is 1. The Kier molecular flexibility index (Phi) is 2.72. The highest BCUT2D eigenvalue weighted by Crippen LogP contribution is 2.49. The lowest BCUT2D eigenvalue weighted by Gasteiger charge is -2.28. The van der Waals surface area contributed by atoms with Crippen molar-refractivity contribution in [2.45, 2.75) is 23.8 Å². The summed E-state index contributed by atoms with van der Waals surface area (Å²) in [5, 5.41) is 12.1. The molecule has 80 valence electrons. The normalized spacial score (nSPS) is 37.4. The first-order valence-corrected chi connectivity index (χ1v) is 5.80. The molecular weight excluding hydrogens is 202 g/mol. The standard InChI is InChI=1S/C9H15NO3S/c1-13-5-9(6-2-3-6)10-7(4-14-9)8(11)12/h6-7,10H,2-5H2,1H3,(H,11,12)/t7-,9?/m0/s1. The Morgan fingerprint density at radius 2 is 2.43 bits per heavy atom. The molecule has 1 unspecified atom stereocenters. The Bertz CT molecular complexity index is 244. The van der Waals surface area contributed by atoms with Gasteiger partial charge in [0.1, 0.15) is 6.04 Å². The molecule has 1 heterocycles. The highest BCUT2D eigenvalue weighted by molar-refractivity contribution is 8.01. The van der Waals surface area contributed by atoms with Crippen LogP contribution < -0.4 is 5.32 Å². The number of hydrogen-bond acceptors (Lipinski definition) is 4. The summed E-state index contributed by atoms with van der Waals surface area (Å²) in [4.78, 5) is 10.7. The Labute approximate surface area is 87.4 Å². The molecule has 2 rings (SSSR count). The SMILES string of the molecule is COCC1(C2CC2)N[C@H](C(=O)O)CS1. The lowest BCUT2D eigenvalue weighted by Crippen LogP contribution is -2.49. The van der Waals surface area contributed by atoms with Gasteiger partial charge in [0, 0.05) is 12.9 Å². The van der Waals surface area contributed by atoms with Crippen LogP contribution in [0.15, 0.2) is 0 Å². The van der Waals surface area contributed by atoms with Gasteiger partial charge in [0.2, 0.25) is 0 Å². The maximum atomic E-state index is 10.8. The van der Waals surface area contributed by atoms with Crippen molar-refractivity contribution in [2.24, 2.45) is 5.92 Å². The Morgan fingerprint density at radius 1 is 1.71 bits per heavy atom. The topological polar surface area (TPSA) is 58.6 Å². The third kappa shape index (κ3) is 1.76. The van der Waals surface area contributed by atoms with E-state index in [1.54, 1.807) is 18.9 Å². The molecule has 1 aliphatic heterocycles. The van der Waals surface area contributed by atoms with Crippen LogP contribution in [0.3, 0.4) is 0 Å². The highest BCUT2D eigenvalue weighted by atomic mass is 32.2. The molecule has 0 spiro atoms. The Morgan fingerprint density at radius 3 is 2.86 bits per heavy atom. The molecule has 4 nitrogen and oxygen atoms in total. The molecule has 2 N–H and O–H groups in total. The summed E-state index contributed by atoms with van der Waals surface area (Å²) < 4.78 is 5.18. The molecule has 14 heavy (non-hydrogen) atoms. The van der Waals surface area contributed by atoms with Crippen molar-refractivity contribution >= 4 is 17.7 Å². The van der Waals surface area contributed by atoms with Crippen LogP contribution in [-0.2, 0) is 9.53 Å². The third-order valence-electron chi connectivity index (χ3n) is 2.82. The first-order chi connectivity index (χ1) is 6.68. The fourth-order valence-electron chi connectivity index (χ4n) is 1.94. The largest absolute Gasteiger partial charge is 0.480 e. The van der Waals surface area contributed by atoms with Crippen molar-refractivity contribution < 1.29 is 14.6 Å². The summed E-state index contributed by atoms with van der Waals surface area (Å²) in [6.45, 7) is 0.603. The second-order valence-corrected chi connectivity index (χ2v) is 5.29. The molecule has 0 aromatic heterocycles. The van der Waals surface area contributed by atoms with E-state index in [1.165, 1.54) is 12.8 Å². The zero-order chi connectivity index (χ0) is 10.2. The van der Waals surface area contributed by atoms with Crippen LogP contribution >= 0.6 is 11.8 Å². The number of carboxylic acids is 1. The van der Waals surface area contributed by atoms with Crippen LogP contribution in [0.2, 0.25) is 0 Å². The molecule has 0 aromatic rings. The number of aliphatic carboxylic acids is 1. The van der Waals surface area contributed by atoms with Gasteiger partial charge in [-0.2, -0.15) is 0 Å². The summed E-state index contributed by atoms with van der Waals surface area (Å²) >= 11 is 1.70. The molecule has 1 saturated heterocycles. The Balaban J connectivity index is 2.03. The maximum absolute atomic E-state index is 10.8. The van der Waals surface area contributed by atoms with Crippen LogP contribution in [0.4, 0.5) is 0 Å². The van der Waals surface area contributed by atoms with Crippen LogP contribution in [0.1, 0.15) is 12.8 Å². The van der Waals surface area contributed by atoms with E-state index in [2.05, 4.69) is 5.32 Å². The number of thioether (sulfide) groups is 1. The van der Waals surface area contributed by atoms with Crippen LogP contribution in [0.5, 0.6) is 0 Å². The molecular formula is C9H15NO3S. The predicted molar refractivity (Wildman–Crippen MR) is 54.3 cm³/mol. The average molecular weight is 217 g/mol. The van der Waals surface area contributed by atoms with E-state index in [1.807, 2.05) is 0 Å². The van der Waals surface area contributed by atoms with Crippen molar-refractivity contribution in [2.75, 3.05) is 19.5 Å². The zero-order valence-corrected chi connectivity index (χ0v) is 8.97. The van der Waals surface area contributed by atoms with Crippen molar-refractivity contribution in [3.8, 4) is 0 Å². The van der Waals surface area contributed by atoms with Crippen LogP contribution in [-0.4, -0.2) is 41.5 Å². The van der Waals surface area contributed by atoms with Gasteiger partial charge in [-0.3, -0.25) is 10.1 Å². The number of carbonyl (C=O) groups is 1. The van der Waals surface area contributed by atoms with Crippen LogP contribution in [0, 0.1) is 5.92 Å². The first kappa shape index (κ1) is 10.3. The lowest BCUT2D eigenvalue weighted by atomic mass is 10.1.